The van der Waals surface area contributed by atoms with Gasteiger partial charge in [0.2, 0.25) is 5.91 Å². The summed E-state index contributed by atoms with van der Waals surface area (Å²) in [6.45, 7) is 1.57. The average molecular weight is 302 g/mol. The van der Waals surface area contributed by atoms with Crippen LogP contribution in [0.4, 0.5) is 10.1 Å². The van der Waals surface area contributed by atoms with Crippen LogP contribution in [0.1, 0.15) is 17.3 Å². The highest BCUT2D eigenvalue weighted by Gasteiger charge is 2.15. The van der Waals surface area contributed by atoms with E-state index in [0.717, 1.165) is 0 Å². The molecule has 0 aliphatic carbocycles. The predicted octanol–water partition coefficient (Wildman–Crippen LogP) is 2.33. The summed E-state index contributed by atoms with van der Waals surface area (Å²) in [6, 6.07) is 11.6. The van der Waals surface area contributed by atoms with Crippen molar-refractivity contribution in [1.82, 2.24) is 0 Å². The van der Waals surface area contributed by atoms with Gasteiger partial charge in [0.05, 0.1) is 0 Å². The van der Waals surface area contributed by atoms with Gasteiger partial charge in [-0.05, 0) is 49.4 Å². The van der Waals surface area contributed by atoms with Crippen molar-refractivity contribution in [3.8, 4) is 5.75 Å². The van der Waals surface area contributed by atoms with Crippen molar-refractivity contribution in [3.63, 3.8) is 0 Å². The van der Waals surface area contributed by atoms with Crippen LogP contribution < -0.4 is 15.8 Å². The van der Waals surface area contributed by atoms with Gasteiger partial charge >= 0.3 is 0 Å². The Kier molecular flexibility index (Phi) is 4.73. The molecule has 2 aromatic carbocycles. The topological polar surface area (TPSA) is 81.4 Å². The van der Waals surface area contributed by atoms with Crippen molar-refractivity contribution in [2.45, 2.75) is 13.0 Å². The first-order valence-electron chi connectivity index (χ1n) is 6.58. The molecule has 6 heteroatoms. The summed E-state index contributed by atoms with van der Waals surface area (Å²) in [5, 5.41) is 2.62. The molecule has 22 heavy (non-hydrogen) atoms. The fourth-order valence-electron chi connectivity index (χ4n) is 1.76. The third-order valence-electron chi connectivity index (χ3n) is 2.91. The fourth-order valence-corrected chi connectivity index (χ4v) is 1.76. The number of anilines is 1. The number of hydrogen-bond donors (Lipinski definition) is 2. The highest BCUT2D eigenvalue weighted by atomic mass is 19.1. The molecule has 0 aromatic heterocycles. The number of ether oxygens (including phenoxy) is 1. The van der Waals surface area contributed by atoms with Crippen molar-refractivity contribution >= 4 is 17.5 Å². The van der Waals surface area contributed by atoms with Crippen molar-refractivity contribution in [1.29, 1.82) is 0 Å². The van der Waals surface area contributed by atoms with Crippen LogP contribution in [0.2, 0.25) is 0 Å². The number of halogens is 1. The van der Waals surface area contributed by atoms with Crippen molar-refractivity contribution in [3.05, 3.63) is 59.9 Å². The van der Waals surface area contributed by atoms with E-state index < -0.39 is 17.9 Å². The summed E-state index contributed by atoms with van der Waals surface area (Å²) in [5.74, 6) is -0.972. The van der Waals surface area contributed by atoms with Crippen LogP contribution >= 0.6 is 0 Å². The molecule has 0 bridgehead atoms. The van der Waals surface area contributed by atoms with E-state index in [4.69, 9.17) is 10.5 Å². The number of nitrogens with two attached hydrogens (primary N) is 1. The number of amides is 2. The van der Waals surface area contributed by atoms with E-state index in [-0.39, 0.29) is 5.82 Å². The molecular formula is C16H15FN2O3. The fraction of sp³-hybridized carbons (Fsp3) is 0.125. The molecule has 0 unspecified atom stereocenters. The van der Waals surface area contributed by atoms with Gasteiger partial charge < -0.3 is 15.8 Å². The molecule has 2 rings (SSSR count). The molecule has 0 radical (unpaired) electrons. The second-order valence-corrected chi connectivity index (χ2v) is 4.65. The molecule has 0 saturated heterocycles. The van der Waals surface area contributed by atoms with Crippen molar-refractivity contribution < 1.29 is 18.7 Å². The van der Waals surface area contributed by atoms with Crippen LogP contribution in [-0.2, 0) is 4.79 Å². The van der Waals surface area contributed by atoms with E-state index >= 15 is 0 Å². The van der Waals surface area contributed by atoms with Gasteiger partial charge in [-0.1, -0.05) is 6.07 Å². The van der Waals surface area contributed by atoms with E-state index in [1.807, 2.05) is 0 Å². The van der Waals surface area contributed by atoms with Gasteiger partial charge in [0.15, 0.2) is 6.10 Å². The lowest BCUT2D eigenvalue weighted by atomic mass is 10.2. The SMILES string of the molecule is C[C@H](Oc1ccc(F)cc1)C(=O)Nc1cccc(C(N)=O)c1. The standard InChI is InChI=1S/C16H15FN2O3/c1-10(22-14-7-5-12(17)6-8-14)16(21)19-13-4-2-3-11(9-13)15(18)20/h2-10H,1H3,(H2,18,20)(H,19,21)/t10-/m0/s1. The summed E-state index contributed by atoms with van der Waals surface area (Å²) in [5.41, 5.74) is 5.92. The molecule has 2 aromatic rings. The molecule has 114 valence electrons. The molecular weight excluding hydrogens is 287 g/mol. The number of primary amides is 1. The predicted molar refractivity (Wildman–Crippen MR) is 80.1 cm³/mol. The summed E-state index contributed by atoms with van der Waals surface area (Å²) in [6.07, 6.45) is -0.789. The van der Waals surface area contributed by atoms with E-state index in [0.29, 0.717) is 17.0 Å². The number of rotatable bonds is 5. The average Bonchev–Trinajstić information content (AvgIpc) is 2.49. The lowest BCUT2D eigenvalue weighted by Crippen LogP contribution is -2.30. The van der Waals surface area contributed by atoms with Gasteiger partial charge in [-0.15, -0.1) is 0 Å². The van der Waals surface area contributed by atoms with Gasteiger partial charge in [0.1, 0.15) is 11.6 Å². The molecule has 0 spiro atoms. The molecule has 2 amide bonds. The van der Waals surface area contributed by atoms with Crippen LogP contribution in [0, 0.1) is 5.82 Å². The van der Waals surface area contributed by atoms with Crippen LogP contribution in [0.5, 0.6) is 5.75 Å². The molecule has 5 nitrogen and oxygen atoms in total. The third-order valence-corrected chi connectivity index (χ3v) is 2.91. The summed E-state index contributed by atoms with van der Waals surface area (Å²) < 4.78 is 18.2. The van der Waals surface area contributed by atoms with E-state index in [9.17, 15) is 14.0 Å². The molecule has 1 atom stereocenters. The first-order valence-corrected chi connectivity index (χ1v) is 6.58. The van der Waals surface area contributed by atoms with Gasteiger partial charge in [-0.25, -0.2) is 4.39 Å². The minimum Gasteiger partial charge on any atom is -0.481 e. The highest BCUT2D eigenvalue weighted by molar-refractivity contribution is 5.97. The maximum Gasteiger partial charge on any atom is 0.265 e. The van der Waals surface area contributed by atoms with Crippen molar-refractivity contribution in [2.75, 3.05) is 5.32 Å². The Bertz CT molecular complexity index is 686. The third kappa shape index (κ3) is 4.05. The Morgan fingerprint density at radius 2 is 1.86 bits per heavy atom. The van der Waals surface area contributed by atoms with E-state index in [2.05, 4.69) is 5.32 Å². The Balaban J connectivity index is 2.00. The first kappa shape index (κ1) is 15.5. The zero-order valence-corrected chi connectivity index (χ0v) is 11.9. The molecule has 0 aliphatic heterocycles. The number of carbonyl (C=O) groups is 2. The van der Waals surface area contributed by atoms with Crippen LogP contribution in [0.25, 0.3) is 0 Å². The second kappa shape index (κ2) is 6.71. The van der Waals surface area contributed by atoms with Crippen LogP contribution in [0.15, 0.2) is 48.5 Å². The van der Waals surface area contributed by atoms with Gasteiger partial charge in [-0.2, -0.15) is 0 Å². The van der Waals surface area contributed by atoms with Crippen molar-refractivity contribution in [2.24, 2.45) is 5.73 Å². The first-order chi connectivity index (χ1) is 10.5. The second-order valence-electron chi connectivity index (χ2n) is 4.65. The lowest BCUT2D eigenvalue weighted by molar-refractivity contribution is -0.122. The minimum absolute atomic E-state index is 0.296. The Labute approximate surface area is 126 Å². The van der Waals surface area contributed by atoms with Crippen LogP contribution in [-0.4, -0.2) is 17.9 Å². The molecule has 0 fully saturated rings. The summed E-state index contributed by atoms with van der Waals surface area (Å²) >= 11 is 0. The Morgan fingerprint density at radius 3 is 2.50 bits per heavy atom. The Hall–Kier alpha value is -2.89. The number of benzene rings is 2. The molecule has 0 heterocycles. The maximum atomic E-state index is 12.8. The molecule has 0 saturated carbocycles. The van der Waals surface area contributed by atoms with Crippen LogP contribution in [0.3, 0.4) is 0 Å². The zero-order chi connectivity index (χ0) is 16.1. The summed E-state index contributed by atoms with van der Waals surface area (Å²) in [7, 11) is 0. The van der Waals surface area contributed by atoms with Gasteiger partial charge in [0, 0.05) is 11.3 Å². The highest BCUT2D eigenvalue weighted by Crippen LogP contribution is 2.15. The van der Waals surface area contributed by atoms with Gasteiger partial charge in [-0.3, -0.25) is 9.59 Å². The lowest BCUT2D eigenvalue weighted by Gasteiger charge is -2.15. The zero-order valence-electron chi connectivity index (χ0n) is 11.9. The minimum atomic E-state index is -0.789. The normalized spacial score (nSPS) is 11.5. The summed E-state index contributed by atoms with van der Waals surface area (Å²) in [4.78, 5) is 23.1. The quantitative estimate of drug-likeness (QED) is 0.889. The van der Waals surface area contributed by atoms with E-state index in [1.165, 1.54) is 30.3 Å². The maximum absolute atomic E-state index is 12.8. The number of hydrogen-bond acceptors (Lipinski definition) is 3. The largest absolute Gasteiger partial charge is 0.481 e. The number of carbonyl (C=O) groups excluding carboxylic acids is 2. The molecule has 0 aliphatic rings. The monoisotopic (exact) mass is 302 g/mol. The molecule has 3 N–H and O–H groups in total. The number of nitrogens with one attached hydrogen (secondary N) is 1. The van der Waals surface area contributed by atoms with E-state index in [1.54, 1.807) is 25.1 Å². The van der Waals surface area contributed by atoms with Gasteiger partial charge in [0.25, 0.3) is 5.91 Å². The Morgan fingerprint density at radius 1 is 1.18 bits per heavy atom. The smallest absolute Gasteiger partial charge is 0.265 e.